The minimum Gasteiger partial charge on any atom is -0.461 e. The predicted octanol–water partition coefficient (Wildman–Crippen LogP) is 2.76. The zero-order chi connectivity index (χ0) is 14.5. The van der Waals surface area contributed by atoms with Crippen LogP contribution in [0.4, 0.5) is 4.39 Å². The minimum atomic E-state index is -0.492. The molecule has 2 aromatic rings. The van der Waals surface area contributed by atoms with E-state index in [1.165, 1.54) is 24.4 Å². The van der Waals surface area contributed by atoms with Crippen molar-refractivity contribution in [3.8, 4) is 0 Å². The number of ketones is 1. The molecule has 104 valence electrons. The van der Waals surface area contributed by atoms with Crippen LogP contribution in [0, 0.1) is 5.82 Å². The van der Waals surface area contributed by atoms with E-state index in [0.29, 0.717) is 5.56 Å². The SMILES string of the molecule is CCOC(=O)c1cc(C(=O)Cc2ccc(F)cc2)c[nH]1. The van der Waals surface area contributed by atoms with Gasteiger partial charge in [0.05, 0.1) is 6.61 Å². The van der Waals surface area contributed by atoms with Crippen molar-refractivity contribution in [3.05, 3.63) is 59.2 Å². The zero-order valence-corrected chi connectivity index (χ0v) is 11.0. The number of aromatic amines is 1. The summed E-state index contributed by atoms with van der Waals surface area (Å²) in [6.07, 6.45) is 1.62. The number of Topliss-reactive ketones (excluding diaryl/α,β-unsaturated/α-hetero) is 1. The maximum absolute atomic E-state index is 12.8. The molecule has 2 rings (SSSR count). The van der Waals surface area contributed by atoms with E-state index in [0.717, 1.165) is 5.56 Å². The molecule has 0 unspecified atom stereocenters. The van der Waals surface area contributed by atoms with Crippen LogP contribution in [-0.2, 0) is 11.2 Å². The lowest BCUT2D eigenvalue weighted by Gasteiger charge is -1.99. The standard InChI is InChI=1S/C15H14FNO3/c1-2-20-15(19)13-8-11(9-17-13)14(18)7-10-3-5-12(16)6-4-10/h3-6,8-9,17H,2,7H2,1H3. The van der Waals surface area contributed by atoms with Crippen LogP contribution in [0.1, 0.15) is 33.3 Å². The summed E-state index contributed by atoms with van der Waals surface area (Å²) in [6.45, 7) is 1.98. The van der Waals surface area contributed by atoms with Gasteiger partial charge in [-0.05, 0) is 30.7 Å². The van der Waals surface area contributed by atoms with E-state index in [-0.39, 0.29) is 30.3 Å². The molecule has 0 saturated heterocycles. The van der Waals surface area contributed by atoms with Crippen LogP contribution in [0.3, 0.4) is 0 Å². The highest BCUT2D eigenvalue weighted by Crippen LogP contribution is 2.11. The smallest absolute Gasteiger partial charge is 0.354 e. The predicted molar refractivity (Wildman–Crippen MR) is 71.2 cm³/mol. The number of carbonyl (C=O) groups is 2. The molecule has 0 spiro atoms. The Kier molecular flexibility index (Phi) is 4.30. The van der Waals surface area contributed by atoms with E-state index >= 15 is 0 Å². The number of esters is 1. The monoisotopic (exact) mass is 275 g/mol. The Hall–Kier alpha value is -2.43. The van der Waals surface area contributed by atoms with Gasteiger partial charge in [0.2, 0.25) is 0 Å². The average molecular weight is 275 g/mol. The van der Waals surface area contributed by atoms with Crippen molar-refractivity contribution in [1.82, 2.24) is 4.98 Å². The van der Waals surface area contributed by atoms with E-state index in [4.69, 9.17) is 4.74 Å². The lowest BCUT2D eigenvalue weighted by atomic mass is 10.1. The first-order chi connectivity index (χ1) is 9.60. The third-order valence-corrected chi connectivity index (χ3v) is 2.78. The molecule has 0 bridgehead atoms. The molecule has 1 N–H and O–H groups in total. The Balaban J connectivity index is 2.06. The summed E-state index contributed by atoms with van der Waals surface area (Å²) in [5.74, 6) is -0.982. The number of carbonyl (C=O) groups excluding carboxylic acids is 2. The van der Waals surface area contributed by atoms with Crippen LogP contribution in [0.15, 0.2) is 36.5 Å². The topological polar surface area (TPSA) is 59.2 Å². The number of H-pyrrole nitrogens is 1. The first-order valence-corrected chi connectivity index (χ1v) is 6.23. The fraction of sp³-hybridized carbons (Fsp3) is 0.200. The number of halogens is 1. The Morgan fingerprint density at radius 3 is 2.60 bits per heavy atom. The van der Waals surface area contributed by atoms with Crippen molar-refractivity contribution in [2.45, 2.75) is 13.3 Å². The van der Waals surface area contributed by atoms with Crippen LogP contribution in [-0.4, -0.2) is 23.3 Å². The summed E-state index contributed by atoms with van der Waals surface area (Å²) in [7, 11) is 0. The molecule has 0 aliphatic heterocycles. The molecular formula is C15H14FNO3. The van der Waals surface area contributed by atoms with Crippen LogP contribution in [0.25, 0.3) is 0 Å². The highest BCUT2D eigenvalue weighted by Gasteiger charge is 2.14. The second kappa shape index (κ2) is 6.14. The van der Waals surface area contributed by atoms with Crippen LogP contribution in [0.5, 0.6) is 0 Å². The van der Waals surface area contributed by atoms with E-state index < -0.39 is 5.97 Å². The normalized spacial score (nSPS) is 10.3. The fourth-order valence-corrected chi connectivity index (χ4v) is 1.77. The molecule has 1 heterocycles. The summed E-state index contributed by atoms with van der Waals surface area (Å²) in [5, 5.41) is 0. The van der Waals surface area contributed by atoms with Crippen molar-refractivity contribution >= 4 is 11.8 Å². The van der Waals surface area contributed by atoms with Gasteiger partial charge in [0.25, 0.3) is 0 Å². The highest BCUT2D eigenvalue weighted by atomic mass is 19.1. The molecule has 0 aliphatic carbocycles. The zero-order valence-electron chi connectivity index (χ0n) is 11.0. The van der Waals surface area contributed by atoms with Gasteiger partial charge in [0.1, 0.15) is 11.5 Å². The summed E-state index contributed by atoms with van der Waals surface area (Å²) in [6, 6.07) is 7.20. The summed E-state index contributed by atoms with van der Waals surface area (Å²) >= 11 is 0. The third-order valence-electron chi connectivity index (χ3n) is 2.78. The first-order valence-electron chi connectivity index (χ1n) is 6.23. The first kappa shape index (κ1) is 14.0. The molecule has 5 heteroatoms. The van der Waals surface area contributed by atoms with E-state index in [1.54, 1.807) is 19.1 Å². The number of hydrogen-bond donors (Lipinski definition) is 1. The van der Waals surface area contributed by atoms with E-state index in [9.17, 15) is 14.0 Å². The molecule has 1 aromatic heterocycles. The molecule has 20 heavy (non-hydrogen) atoms. The number of aromatic nitrogens is 1. The number of benzene rings is 1. The Bertz CT molecular complexity index is 616. The summed E-state index contributed by atoms with van der Waals surface area (Å²) in [4.78, 5) is 26.2. The van der Waals surface area contributed by atoms with Crippen molar-refractivity contribution in [3.63, 3.8) is 0 Å². The van der Waals surface area contributed by atoms with Crippen molar-refractivity contribution < 1.29 is 18.7 Å². The Morgan fingerprint density at radius 2 is 1.95 bits per heavy atom. The van der Waals surface area contributed by atoms with Gasteiger partial charge in [-0.3, -0.25) is 4.79 Å². The van der Waals surface area contributed by atoms with Crippen LogP contribution >= 0.6 is 0 Å². The Morgan fingerprint density at radius 1 is 1.25 bits per heavy atom. The van der Waals surface area contributed by atoms with Gasteiger partial charge in [-0.15, -0.1) is 0 Å². The quantitative estimate of drug-likeness (QED) is 0.674. The van der Waals surface area contributed by atoms with Crippen molar-refractivity contribution in [2.24, 2.45) is 0 Å². The fourth-order valence-electron chi connectivity index (χ4n) is 1.77. The number of ether oxygens (including phenoxy) is 1. The average Bonchev–Trinajstić information content (AvgIpc) is 2.91. The summed E-state index contributed by atoms with van der Waals surface area (Å²) < 4.78 is 17.6. The molecule has 0 radical (unpaired) electrons. The number of hydrogen-bond acceptors (Lipinski definition) is 3. The lowest BCUT2D eigenvalue weighted by Crippen LogP contribution is -2.05. The van der Waals surface area contributed by atoms with Gasteiger partial charge in [-0.25, -0.2) is 9.18 Å². The van der Waals surface area contributed by atoms with Gasteiger partial charge in [0, 0.05) is 18.2 Å². The van der Waals surface area contributed by atoms with Gasteiger partial charge in [-0.1, -0.05) is 12.1 Å². The van der Waals surface area contributed by atoms with Gasteiger partial charge in [0.15, 0.2) is 5.78 Å². The molecule has 0 fully saturated rings. The second-order valence-corrected chi connectivity index (χ2v) is 4.25. The molecule has 4 nitrogen and oxygen atoms in total. The van der Waals surface area contributed by atoms with Crippen LogP contribution < -0.4 is 0 Å². The molecule has 0 aliphatic rings. The maximum Gasteiger partial charge on any atom is 0.354 e. The van der Waals surface area contributed by atoms with Gasteiger partial charge < -0.3 is 9.72 Å². The number of rotatable bonds is 5. The third kappa shape index (κ3) is 3.32. The van der Waals surface area contributed by atoms with Crippen molar-refractivity contribution in [2.75, 3.05) is 6.61 Å². The number of nitrogens with one attached hydrogen (secondary N) is 1. The van der Waals surface area contributed by atoms with Gasteiger partial charge >= 0.3 is 5.97 Å². The van der Waals surface area contributed by atoms with Gasteiger partial charge in [-0.2, -0.15) is 0 Å². The van der Waals surface area contributed by atoms with Crippen molar-refractivity contribution in [1.29, 1.82) is 0 Å². The molecule has 1 aromatic carbocycles. The largest absolute Gasteiger partial charge is 0.461 e. The van der Waals surface area contributed by atoms with E-state index in [1.807, 2.05) is 0 Å². The minimum absolute atomic E-state index is 0.150. The maximum atomic E-state index is 12.8. The van der Waals surface area contributed by atoms with Crippen LogP contribution in [0.2, 0.25) is 0 Å². The summed E-state index contributed by atoms with van der Waals surface area (Å²) in [5.41, 5.74) is 1.36. The molecule has 0 saturated carbocycles. The second-order valence-electron chi connectivity index (χ2n) is 4.25. The van der Waals surface area contributed by atoms with E-state index in [2.05, 4.69) is 4.98 Å². The highest BCUT2D eigenvalue weighted by molar-refractivity contribution is 5.99. The Labute approximate surface area is 115 Å². The molecule has 0 amide bonds. The lowest BCUT2D eigenvalue weighted by molar-refractivity contribution is 0.0520. The molecular weight excluding hydrogens is 261 g/mol. The molecule has 0 atom stereocenters.